The fraction of sp³-hybridized carbons (Fsp3) is 0.526. The lowest BCUT2D eigenvalue weighted by Gasteiger charge is -2.32. The molecule has 2 aliphatic heterocycles. The van der Waals surface area contributed by atoms with Crippen molar-refractivity contribution in [1.82, 2.24) is 9.91 Å². The van der Waals surface area contributed by atoms with Crippen molar-refractivity contribution in [2.24, 2.45) is 0 Å². The first kappa shape index (κ1) is 17.7. The second-order valence-corrected chi connectivity index (χ2v) is 7.49. The number of hydrogen-bond acceptors (Lipinski definition) is 3. The Kier molecular flexibility index (Phi) is 4.99. The highest BCUT2D eigenvalue weighted by atomic mass is 16.6. The maximum absolute atomic E-state index is 12.4. The molecule has 2 aliphatic rings. The normalized spacial score (nSPS) is 21.6. The molecular weight excluding hydrogens is 316 g/mol. The fourth-order valence-corrected chi connectivity index (χ4v) is 3.14. The zero-order chi connectivity index (χ0) is 18.0. The number of likely N-dealkylation sites (tertiary alicyclic amines) is 1. The first-order valence-electron chi connectivity index (χ1n) is 8.75. The predicted molar refractivity (Wildman–Crippen MR) is 96.0 cm³/mol. The smallest absolute Gasteiger partial charge is 0.410 e. The van der Waals surface area contributed by atoms with Gasteiger partial charge in [-0.05, 0) is 45.7 Å². The summed E-state index contributed by atoms with van der Waals surface area (Å²) in [4.78, 5) is 14.2. The van der Waals surface area contributed by atoms with E-state index < -0.39 is 5.60 Å². The number of rotatable bonds is 3. The Balaban J connectivity index is 1.61. The van der Waals surface area contributed by atoms with Crippen LogP contribution in [-0.4, -0.2) is 58.2 Å². The van der Waals surface area contributed by atoms with E-state index in [1.165, 1.54) is 0 Å². The van der Waals surface area contributed by atoms with Crippen LogP contribution in [0.4, 0.5) is 4.79 Å². The van der Waals surface area contributed by atoms with Crippen LogP contribution in [0.3, 0.4) is 0 Å². The van der Waals surface area contributed by atoms with E-state index in [0.717, 1.165) is 30.7 Å². The van der Waals surface area contributed by atoms with Crippen LogP contribution in [0.25, 0.3) is 5.53 Å². The summed E-state index contributed by atoms with van der Waals surface area (Å²) in [7, 11) is 1.91. The van der Waals surface area contributed by atoms with Gasteiger partial charge in [0.05, 0.1) is 0 Å². The Labute approximate surface area is 150 Å². The molecule has 0 spiro atoms. The number of carbonyl (C=O) groups is 1. The molecule has 3 rings (SSSR count). The van der Waals surface area contributed by atoms with E-state index in [1.54, 1.807) is 5.01 Å². The summed E-state index contributed by atoms with van der Waals surface area (Å²) in [6.07, 6.45) is 1.70. The zero-order valence-corrected chi connectivity index (χ0v) is 15.4. The second kappa shape index (κ2) is 7.04. The molecule has 1 aromatic carbocycles. The van der Waals surface area contributed by atoms with Crippen molar-refractivity contribution in [2.45, 2.75) is 45.3 Å². The average Bonchev–Trinajstić information content (AvgIpc) is 3.13. The highest BCUT2D eigenvalue weighted by molar-refractivity contribution is 6.03. The molecule has 0 aliphatic carbocycles. The maximum atomic E-state index is 12.4. The van der Waals surface area contributed by atoms with Crippen LogP contribution in [0.2, 0.25) is 0 Å². The fourth-order valence-electron chi connectivity index (χ4n) is 3.14. The third-order valence-corrected chi connectivity index (χ3v) is 4.24. The lowest BCUT2D eigenvalue weighted by molar-refractivity contribution is -0.452. The Morgan fingerprint density at radius 3 is 2.76 bits per heavy atom. The predicted octanol–water partition coefficient (Wildman–Crippen LogP) is 3.08. The van der Waals surface area contributed by atoms with Crippen molar-refractivity contribution < 1.29 is 14.2 Å². The molecule has 2 heterocycles. The number of benzene rings is 1. The van der Waals surface area contributed by atoms with Gasteiger partial charge in [0, 0.05) is 24.7 Å². The van der Waals surface area contributed by atoms with Crippen molar-refractivity contribution in [3.05, 3.63) is 48.0 Å². The minimum Gasteiger partial charge on any atom is -0.444 e. The van der Waals surface area contributed by atoms with Gasteiger partial charge in [0.1, 0.15) is 12.6 Å². The standard InChI is InChI=1S/C19H26N4O2/c1-19(2,3)25-18(24)23-12-8-11-16(23)13-22-14-17(21(4)20-22)15-9-6-5-7-10-15/h5-7,9-10,16H,8,11-13H2,1-4H3/t16-/m0/s1. The molecule has 1 aromatic rings. The van der Waals surface area contributed by atoms with Crippen LogP contribution >= 0.6 is 0 Å². The minimum atomic E-state index is -0.477. The van der Waals surface area contributed by atoms with E-state index in [-0.39, 0.29) is 12.1 Å². The Morgan fingerprint density at radius 2 is 2.08 bits per heavy atom. The van der Waals surface area contributed by atoms with E-state index in [2.05, 4.69) is 12.1 Å². The van der Waals surface area contributed by atoms with E-state index in [9.17, 15) is 4.79 Å². The van der Waals surface area contributed by atoms with Gasteiger partial charge in [-0.25, -0.2) is 4.79 Å². The molecule has 0 saturated carbocycles. The molecule has 1 saturated heterocycles. The highest BCUT2D eigenvalue weighted by Crippen LogP contribution is 2.25. The summed E-state index contributed by atoms with van der Waals surface area (Å²) in [5.74, 6) is 0. The molecule has 25 heavy (non-hydrogen) atoms. The molecule has 1 amide bonds. The highest BCUT2D eigenvalue weighted by Gasteiger charge is 2.34. The van der Waals surface area contributed by atoms with E-state index in [0.29, 0.717) is 6.54 Å². The van der Waals surface area contributed by atoms with Gasteiger partial charge in [0.25, 0.3) is 0 Å². The molecule has 1 atom stereocenters. The van der Waals surface area contributed by atoms with Gasteiger partial charge in [-0.1, -0.05) is 18.2 Å². The Hall–Kier alpha value is -2.08. The van der Waals surface area contributed by atoms with Crippen molar-refractivity contribution in [2.75, 3.05) is 20.1 Å². The second-order valence-electron chi connectivity index (χ2n) is 7.49. The van der Waals surface area contributed by atoms with Crippen molar-refractivity contribution in [3.63, 3.8) is 0 Å². The quantitative estimate of drug-likeness (QED) is 0.793. The summed E-state index contributed by atoms with van der Waals surface area (Å²) < 4.78 is 7.35. The first-order chi connectivity index (χ1) is 11.8. The summed E-state index contributed by atoms with van der Waals surface area (Å²) in [5.41, 5.74) is 6.05. The topological polar surface area (TPSA) is 49.9 Å². The monoisotopic (exact) mass is 342 g/mol. The number of ether oxygens (including phenoxy) is 1. The number of nitrogens with zero attached hydrogens (tertiary/aromatic N) is 4. The molecule has 0 unspecified atom stereocenters. The van der Waals surface area contributed by atoms with Gasteiger partial charge in [0.15, 0.2) is 6.54 Å². The lowest BCUT2D eigenvalue weighted by atomic mass is 10.1. The van der Waals surface area contributed by atoms with Gasteiger partial charge >= 0.3 is 6.09 Å². The molecule has 2 radical (unpaired) electrons. The van der Waals surface area contributed by atoms with E-state index in [1.807, 2.05) is 67.7 Å². The Morgan fingerprint density at radius 1 is 1.36 bits per heavy atom. The number of amides is 1. The number of carbonyl (C=O) groups excluding carboxylic acids is 1. The summed E-state index contributed by atoms with van der Waals surface area (Å²) in [5, 5.41) is 1.80. The first-order valence-corrected chi connectivity index (χ1v) is 8.75. The minimum absolute atomic E-state index is 0.0922. The molecule has 6 nitrogen and oxygen atoms in total. The van der Waals surface area contributed by atoms with E-state index >= 15 is 0 Å². The zero-order valence-electron chi connectivity index (χ0n) is 15.4. The van der Waals surface area contributed by atoms with Crippen LogP contribution in [0.5, 0.6) is 0 Å². The summed E-state index contributed by atoms with van der Waals surface area (Å²) in [6, 6.07) is 10.2. The third kappa shape index (κ3) is 4.31. The summed E-state index contributed by atoms with van der Waals surface area (Å²) in [6.45, 7) is 10.4. The van der Waals surface area contributed by atoms with Crippen molar-refractivity contribution in [1.29, 1.82) is 0 Å². The van der Waals surface area contributed by atoms with Gasteiger partial charge in [-0.2, -0.15) is 0 Å². The van der Waals surface area contributed by atoms with Gasteiger partial charge < -0.3 is 20.2 Å². The van der Waals surface area contributed by atoms with Crippen molar-refractivity contribution in [3.8, 4) is 0 Å². The Bertz CT molecular complexity index is 651. The largest absolute Gasteiger partial charge is 0.444 e. The van der Waals surface area contributed by atoms with Crippen molar-refractivity contribution >= 4 is 11.8 Å². The maximum Gasteiger partial charge on any atom is 0.410 e. The molecule has 1 fully saturated rings. The third-order valence-electron chi connectivity index (χ3n) is 4.24. The van der Waals surface area contributed by atoms with Crippen LogP contribution in [0.1, 0.15) is 39.2 Å². The average molecular weight is 342 g/mol. The van der Waals surface area contributed by atoms with Gasteiger partial charge in [-0.3, -0.25) is 4.68 Å². The molecule has 134 valence electrons. The molecule has 6 heteroatoms. The van der Waals surface area contributed by atoms with E-state index in [4.69, 9.17) is 4.74 Å². The van der Waals surface area contributed by atoms with Gasteiger partial charge in [-0.15, -0.1) is 0 Å². The van der Waals surface area contributed by atoms with Gasteiger partial charge in [0.2, 0.25) is 5.71 Å². The molecule has 0 N–H and O–H groups in total. The van der Waals surface area contributed by atoms with Crippen LogP contribution < -0.4 is 0 Å². The SMILES string of the molecule is C[N+]1=C(c2ccccc2)[C]N(C[C@@H]2CCCN2C(=O)OC(C)(C)C)[N-]1. The molecule has 0 aromatic heterocycles. The molecule has 0 bridgehead atoms. The van der Waals surface area contributed by atoms with Crippen LogP contribution in [0, 0.1) is 6.54 Å². The summed E-state index contributed by atoms with van der Waals surface area (Å²) >= 11 is 0. The lowest BCUT2D eigenvalue weighted by Crippen LogP contribution is -2.43. The van der Waals surface area contributed by atoms with Crippen LogP contribution in [-0.2, 0) is 4.74 Å². The number of hydrogen-bond donors (Lipinski definition) is 0. The van der Waals surface area contributed by atoms with Crippen LogP contribution in [0.15, 0.2) is 30.3 Å². The molecular formula is C19H26N4O2.